The minimum absolute atomic E-state index is 0.0444. The van der Waals surface area contributed by atoms with Crippen LogP contribution in [0.25, 0.3) is 0 Å². The van der Waals surface area contributed by atoms with Crippen molar-refractivity contribution in [2.24, 2.45) is 11.3 Å². The summed E-state index contributed by atoms with van der Waals surface area (Å²) in [4.78, 5) is 41.3. The summed E-state index contributed by atoms with van der Waals surface area (Å²) in [6.07, 6.45) is 0.292. The highest BCUT2D eigenvalue weighted by Gasteiger charge is 2.50. The van der Waals surface area contributed by atoms with Crippen molar-refractivity contribution in [2.45, 2.75) is 50.7 Å². The molecule has 3 N–H and O–H groups in total. The molecule has 1 fully saturated rings. The van der Waals surface area contributed by atoms with Gasteiger partial charge in [-0.05, 0) is 60.4 Å². The molecule has 0 bridgehead atoms. The van der Waals surface area contributed by atoms with Crippen LogP contribution in [0.4, 0.5) is 0 Å². The van der Waals surface area contributed by atoms with Crippen LogP contribution in [0.3, 0.4) is 0 Å². The fraction of sp³-hybridized carbons (Fsp3) is 0.344. The zero-order valence-corrected chi connectivity index (χ0v) is 27.1. The van der Waals surface area contributed by atoms with Crippen molar-refractivity contribution in [1.29, 1.82) is 0 Å². The number of rotatable bonds is 8. The average molecular weight is 661 g/mol. The second kappa shape index (κ2) is 12.9. The molecule has 1 heterocycles. The first-order valence-electron chi connectivity index (χ1n) is 14.1. The summed E-state index contributed by atoms with van der Waals surface area (Å²) < 4.78 is 27.4. The summed E-state index contributed by atoms with van der Waals surface area (Å²) >= 11 is 12.0. The molecule has 0 saturated carbocycles. The second-order valence-electron chi connectivity index (χ2n) is 11.9. The minimum Gasteiger partial charge on any atom is -0.384 e. The highest BCUT2D eigenvalue weighted by Crippen LogP contribution is 2.46. The molecule has 0 aromatic heterocycles. The van der Waals surface area contributed by atoms with Gasteiger partial charge in [0.1, 0.15) is 10.9 Å². The lowest BCUT2D eigenvalue weighted by Crippen LogP contribution is -2.60. The van der Waals surface area contributed by atoms with Crippen molar-refractivity contribution in [1.82, 2.24) is 14.9 Å². The van der Waals surface area contributed by atoms with E-state index in [1.54, 1.807) is 35.2 Å². The maximum absolute atomic E-state index is 13.8. The van der Waals surface area contributed by atoms with E-state index in [2.05, 4.69) is 5.32 Å². The summed E-state index contributed by atoms with van der Waals surface area (Å²) in [7, 11) is -4.27. The standard InChI is InChI=1S/C32H35Cl2N3O6S/c1-20(2)27(30(40)37-17-16-32(41,31(3,4)19-37)23-12-14-24(33)15-13-23)35-28(38)21-8-7-9-22(18-21)29(39)36-44(42,43)26-11-6-5-10-25(26)34/h5-15,18,20,27,41H,16-17,19H2,1-4H3,(H,35,38)(H,36,39)/t27-,32+/m1/s1. The zero-order valence-electron chi connectivity index (χ0n) is 24.8. The lowest BCUT2D eigenvalue weighted by molar-refractivity contribution is -0.155. The number of piperidine rings is 1. The number of benzene rings is 3. The molecule has 4 rings (SSSR count). The molecule has 0 unspecified atom stereocenters. The van der Waals surface area contributed by atoms with E-state index in [9.17, 15) is 27.9 Å². The Morgan fingerprint density at radius 2 is 1.52 bits per heavy atom. The molecule has 0 spiro atoms. The maximum atomic E-state index is 13.8. The summed E-state index contributed by atoms with van der Waals surface area (Å²) in [5.74, 6) is -2.12. The number of carbonyl (C=O) groups excluding carboxylic acids is 3. The molecule has 44 heavy (non-hydrogen) atoms. The summed E-state index contributed by atoms with van der Waals surface area (Å²) in [5, 5.41) is 15.0. The number of hydrogen-bond donors (Lipinski definition) is 3. The van der Waals surface area contributed by atoms with Crippen molar-refractivity contribution in [2.75, 3.05) is 13.1 Å². The van der Waals surface area contributed by atoms with E-state index in [1.807, 2.05) is 32.4 Å². The topological polar surface area (TPSA) is 133 Å². The molecule has 1 saturated heterocycles. The Labute approximate surface area is 267 Å². The van der Waals surface area contributed by atoms with Crippen LogP contribution in [-0.4, -0.2) is 55.3 Å². The minimum atomic E-state index is -4.27. The number of sulfonamides is 1. The van der Waals surface area contributed by atoms with Crippen LogP contribution < -0.4 is 10.0 Å². The summed E-state index contributed by atoms with van der Waals surface area (Å²) in [6, 6.07) is 17.4. The van der Waals surface area contributed by atoms with E-state index in [1.165, 1.54) is 42.5 Å². The molecule has 3 aromatic carbocycles. The van der Waals surface area contributed by atoms with Crippen molar-refractivity contribution in [3.8, 4) is 0 Å². The SMILES string of the molecule is CC(C)[C@@H](NC(=O)c1cccc(C(=O)NS(=O)(=O)c2ccccc2Cl)c1)C(=O)N1CC[C@](O)(c2ccc(Cl)cc2)C(C)(C)C1. The number of nitrogens with one attached hydrogen (secondary N) is 2. The van der Waals surface area contributed by atoms with Gasteiger partial charge in [-0.2, -0.15) is 0 Å². The van der Waals surface area contributed by atoms with Crippen LogP contribution in [-0.2, 0) is 20.4 Å². The highest BCUT2D eigenvalue weighted by molar-refractivity contribution is 7.90. The van der Waals surface area contributed by atoms with Gasteiger partial charge < -0.3 is 15.3 Å². The van der Waals surface area contributed by atoms with Crippen molar-refractivity contribution in [3.05, 3.63) is 99.5 Å². The molecule has 0 radical (unpaired) electrons. The molecule has 3 amide bonds. The van der Waals surface area contributed by atoms with Crippen LogP contribution in [0.5, 0.6) is 0 Å². The Morgan fingerprint density at radius 3 is 2.11 bits per heavy atom. The molecular formula is C32H35Cl2N3O6S. The average Bonchev–Trinajstić information content (AvgIpc) is 2.97. The number of aliphatic hydroxyl groups is 1. The molecule has 1 aliphatic heterocycles. The largest absolute Gasteiger partial charge is 0.384 e. The van der Waals surface area contributed by atoms with Gasteiger partial charge in [0.05, 0.1) is 10.6 Å². The van der Waals surface area contributed by atoms with E-state index in [4.69, 9.17) is 23.2 Å². The van der Waals surface area contributed by atoms with E-state index in [-0.39, 0.29) is 46.0 Å². The third kappa shape index (κ3) is 6.94. The number of amides is 3. The maximum Gasteiger partial charge on any atom is 0.265 e. The van der Waals surface area contributed by atoms with Crippen LogP contribution in [0.1, 0.15) is 60.4 Å². The van der Waals surface area contributed by atoms with E-state index >= 15 is 0 Å². The first-order valence-corrected chi connectivity index (χ1v) is 16.3. The fourth-order valence-electron chi connectivity index (χ4n) is 5.41. The lowest BCUT2D eigenvalue weighted by Gasteiger charge is -2.51. The Kier molecular flexibility index (Phi) is 9.80. The van der Waals surface area contributed by atoms with Gasteiger partial charge in [-0.3, -0.25) is 14.4 Å². The van der Waals surface area contributed by atoms with Gasteiger partial charge in [0.2, 0.25) is 5.91 Å². The predicted octanol–water partition coefficient (Wildman–Crippen LogP) is 5.01. The van der Waals surface area contributed by atoms with Crippen LogP contribution in [0, 0.1) is 11.3 Å². The number of halogens is 2. The molecule has 234 valence electrons. The first kappa shape index (κ1) is 33.5. The fourth-order valence-corrected chi connectivity index (χ4v) is 7.03. The molecule has 12 heteroatoms. The van der Waals surface area contributed by atoms with E-state index in [0.29, 0.717) is 11.4 Å². The van der Waals surface area contributed by atoms with Gasteiger partial charge in [0.15, 0.2) is 0 Å². The lowest BCUT2D eigenvalue weighted by atomic mass is 9.66. The molecule has 1 aliphatic rings. The van der Waals surface area contributed by atoms with Crippen molar-refractivity contribution >= 4 is 50.9 Å². The van der Waals surface area contributed by atoms with Crippen LogP contribution in [0.15, 0.2) is 77.7 Å². The zero-order chi connectivity index (χ0) is 32.4. The monoisotopic (exact) mass is 659 g/mol. The Morgan fingerprint density at radius 1 is 0.909 bits per heavy atom. The number of hydrogen-bond acceptors (Lipinski definition) is 6. The number of likely N-dealkylation sites (tertiary alicyclic amines) is 1. The number of nitrogens with zero attached hydrogens (tertiary/aromatic N) is 1. The van der Waals surface area contributed by atoms with Crippen molar-refractivity contribution < 1.29 is 27.9 Å². The van der Waals surface area contributed by atoms with Crippen LogP contribution in [0.2, 0.25) is 10.0 Å². The van der Waals surface area contributed by atoms with Crippen LogP contribution >= 0.6 is 23.2 Å². The first-order chi connectivity index (χ1) is 20.6. The van der Waals surface area contributed by atoms with Gasteiger partial charge in [0, 0.05) is 34.7 Å². The highest BCUT2D eigenvalue weighted by atomic mass is 35.5. The summed E-state index contributed by atoms with van der Waals surface area (Å²) in [6.45, 7) is 7.94. The molecule has 2 atom stereocenters. The number of carbonyl (C=O) groups is 3. The predicted molar refractivity (Wildman–Crippen MR) is 169 cm³/mol. The normalized spacial score (nSPS) is 18.9. The third-order valence-electron chi connectivity index (χ3n) is 8.04. The van der Waals surface area contributed by atoms with Gasteiger partial charge in [-0.1, -0.05) is 81.2 Å². The van der Waals surface area contributed by atoms with Gasteiger partial charge in [-0.15, -0.1) is 0 Å². The van der Waals surface area contributed by atoms with E-state index < -0.39 is 38.9 Å². The quantitative estimate of drug-likeness (QED) is 0.311. The van der Waals surface area contributed by atoms with E-state index in [0.717, 1.165) is 5.56 Å². The second-order valence-corrected chi connectivity index (χ2v) is 14.4. The van der Waals surface area contributed by atoms with Gasteiger partial charge >= 0.3 is 0 Å². The third-order valence-corrected chi connectivity index (χ3v) is 10.1. The smallest absolute Gasteiger partial charge is 0.265 e. The van der Waals surface area contributed by atoms with Crippen molar-refractivity contribution in [3.63, 3.8) is 0 Å². The Balaban J connectivity index is 1.48. The molecular weight excluding hydrogens is 625 g/mol. The van der Waals surface area contributed by atoms with Gasteiger partial charge in [-0.25, -0.2) is 13.1 Å². The summed E-state index contributed by atoms with van der Waals surface area (Å²) in [5.41, 5.74) is -1.18. The molecule has 0 aliphatic carbocycles. The molecule has 9 nitrogen and oxygen atoms in total. The van der Waals surface area contributed by atoms with Gasteiger partial charge in [0.25, 0.3) is 21.8 Å². The Bertz CT molecular complexity index is 1680. The molecule has 3 aromatic rings. The Hall–Kier alpha value is -3.44.